The average molecular weight is 379 g/mol. The smallest absolute Gasteiger partial charge is 0.0577 e. The van der Waals surface area contributed by atoms with Gasteiger partial charge in [-0.25, -0.2) is 0 Å². The van der Waals surface area contributed by atoms with Gasteiger partial charge in [0, 0.05) is 8.22 Å². The molecule has 1 nitrogen and oxygen atoms in total. The van der Waals surface area contributed by atoms with Crippen molar-refractivity contribution in [2.45, 2.75) is 105 Å². The van der Waals surface area contributed by atoms with E-state index < -0.39 is 19.6 Å². The highest BCUT2D eigenvalue weighted by molar-refractivity contribution is 5.25. The lowest BCUT2D eigenvalue weighted by Crippen LogP contribution is -2.50. The van der Waals surface area contributed by atoms with E-state index in [1.54, 1.807) is 0 Å². The van der Waals surface area contributed by atoms with E-state index in [1.807, 2.05) is 0 Å². The molecule has 1 N–H and O–H groups in total. The number of allylic oxidation sites excluding steroid dienone is 1. The van der Waals surface area contributed by atoms with Gasteiger partial charge in [-0.05, 0) is 97.7 Å². The molecule has 27 heavy (non-hydrogen) atoms. The van der Waals surface area contributed by atoms with Gasteiger partial charge in [-0.15, -0.1) is 0 Å². The first-order valence-electron chi connectivity index (χ1n) is 14.6. The SMILES string of the molecule is [2H]C([2H])([2H])C(CC[C@@H](C)[C@H]1CCC2C3CC=C4C[C@@H](O)CC[C@]4(C)C3CC[C@@]21C)C([2H])([2H])[2H]. The highest BCUT2D eigenvalue weighted by Crippen LogP contribution is 2.67. The summed E-state index contributed by atoms with van der Waals surface area (Å²) in [4.78, 5) is 0. The minimum absolute atomic E-state index is 0.167. The number of aliphatic hydroxyl groups excluding tert-OH is 1. The molecule has 0 heterocycles. The predicted octanol–water partition coefficient (Wildman–Crippen LogP) is 7.00. The van der Waals surface area contributed by atoms with Crippen LogP contribution >= 0.6 is 0 Å². The summed E-state index contributed by atoms with van der Waals surface area (Å²) in [5.74, 6) is 1.79. The van der Waals surface area contributed by atoms with Crippen LogP contribution in [-0.4, -0.2) is 11.2 Å². The molecule has 4 rings (SSSR count). The molecular formula is C26H44O. The third-order valence-corrected chi connectivity index (χ3v) is 9.75. The van der Waals surface area contributed by atoms with Crippen molar-refractivity contribution in [3.63, 3.8) is 0 Å². The second kappa shape index (κ2) is 7.19. The van der Waals surface area contributed by atoms with Crippen molar-refractivity contribution in [1.82, 2.24) is 0 Å². The molecule has 4 aliphatic rings. The van der Waals surface area contributed by atoms with Crippen LogP contribution in [0.5, 0.6) is 0 Å². The molecule has 0 spiro atoms. The second-order valence-corrected chi connectivity index (χ2v) is 11.0. The van der Waals surface area contributed by atoms with E-state index >= 15 is 0 Å². The maximum atomic E-state index is 10.2. The summed E-state index contributed by atoms with van der Waals surface area (Å²) >= 11 is 0. The molecule has 154 valence electrons. The Kier molecular flexibility index (Phi) is 3.68. The van der Waals surface area contributed by atoms with Crippen LogP contribution in [0, 0.1) is 46.3 Å². The Morgan fingerprint density at radius 1 is 1.11 bits per heavy atom. The van der Waals surface area contributed by atoms with Crippen LogP contribution in [0.25, 0.3) is 0 Å². The number of hydrogen-bond acceptors (Lipinski definition) is 1. The van der Waals surface area contributed by atoms with Gasteiger partial charge in [0.05, 0.1) is 6.10 Å². The molecule has 0 radical (unpaired) electrons. The van der Waals surface area contributed by atoms with E-state index in [4.69, 9.17) is 8.22 Å². The molecule has 8 atom stereocenters. The average Bonchev–Trinajstić information content (AvgIpc) is 3.03. The first-order valence-corrected chi connectivity index (χ1v) is 11.6. The van der Waals surface area contributed by atoms with Crippen LogP contribution in [0.15, 0.2) is 11.6 Å². The molecule has 0 amide bonds. The van der Waals surface area contributed by atoms with E-state index in [1.165, 1.54) is 31.3 Å². The molecule has 0 aromatic rings. The van der Waals surface area contributed by atoms with Gasteiger partial charge in [0.25, 0.3) is 0 Å². The Bertz CT molecular complexity index is 743. The molecular weight excluding hydrogens is 328 g/mol. The lowest BCUT2D eigenvalue weighted by atomic mass is 9.47. The van der Waals surface area contributed by atoms with Gasteiger partial charge in [0.1, 0.15) is 0 Å². The van der Waals surface area contributed by atoms with E-state index in [-0.39, 0.29) is 23.4 Å². The Labute approximate surface area is 176 Å². The first kappa shape index (κ1) is 13.8. The third kappa shape index (κ3) is 3.24. The number of aliphatic hydroxyl groups is 1. The highest BCUT2D eigenvalue weighted by atomic mass is 16.3. The van der Waals surface area contributed by atoms with Crippen LogP contribution in [0.2, 0.25) is 0 Å². The predicted molar refractivity (Wildman–Crippen MR) is 114 cm³/mol. The van der Waals surface area contributed by atoms with Crippen LogP contribution in [0.1, 0.15) is 107 Å². The minimum atomic E-state index is -2.43. The molecule has 0 bridgehead atoms. The summed E-state index contributed by atoms with van der Waals surface area (Å²) in [6.07, 6.45) is 12.2. The maximum absolute atomic E-state index is 10.2. The molecule has 0 aromatic heterocycles. The minimum Gasteiger partial charge on any atom is -0.393 e. The fourth-order valence-electron chi connectivity index (χ4n) is 8.25. The van der Waals surface area contributed by atoms with Gasteiger partial charge >= 0.3 is 0 Å². The second-order valence-electron chi connectivity index (χ2n) is 11.0. The molecule has 3 saturated carbocycles. The van der Waals surface area contributed by atoms with Crippen LogP contribution in [-0.2, 0) is 0 Å². The van der Waals surface area contributed by atoms with Gasteiger partial charge in [-0.2, -0.15) is 0 Å². The highest BCUT2D eigenvalue weighted by Gasteiger charge is 2.59. The fraction of sp³-hybridized carbons (Fsp3) is 0.923. The molecule has 3 unspecified atom stereocenters. The van der Waals surface area contributed by atoms with Crippen molar-refractivity contribution in [3.8, 4) is 0 Å². The quantitative estimate of drug-likeness (QED) is 0.522. The summed E-state index contributed by atoms with van der Waals surface area (Å²) in [7, 11) is 0. The van der Waals surface area contributed by atoms with Crippen molar-refractivity contribution in [2.75, 3.05) is 0 Å². The monoisotopic (exact) mass is 378 g/mol. The first-order chi connectivity index (χ1) is 15.2. The van der Waals surface area contributed by atoms with E-state index in [0.29, 0.717) is 36.0 Å². The van der Waals surface area contributed by atoms with Gasteiger partial charge in [0.15, 0.2) is 0 Å². The van der Waals surface area contributed by atoms with Crippen molar-refractivity contribution in [1.29, 1.82) is 0 Å². The van der Waals surface area contributed by atoms with Crippen LogP contribution < -0.4 is 0 Å². The number of hydrogen-bond donors (Lipinski definition) is 1. The Morgan fingerprint density at radius 3 is 2.70 bits per heavy atom. The van der Waals surface area contributed by atoms with Gasteiger partial charge < -0.3 is 5.11 Å². The molecule has 0 saturated heterocycles. The molecule has 3 fully saturated rings. The third-order valence-electron chi connectivity index (χ3n) is 9.75. The van der Waals surface area contributed by atoms with Crippen molar-refractivity contribution >= 4 is 0 Å². The van der Waals surface area contributed by atoms with E-state index in [0.717, 1.165) is 25.7 Å². The Balaban J connectivity index is 1.48. The Morgan fingerprint density at radius 2 is 1.93 bits per heavy atom. The van der Waals surface area contributed by atoms with E-state index in [9.17, 15) is 5.11 Å². The van der Waals surface area contributed by atoms with Gasteiger partial charge in [0.2, 0.25) is 0 Å². The number of rotatable bonds is 4. The Hall–Kier alpha value is -0.300. The molecule has 4 aliphatic carbocycles. The summed E-state index contributed by atoms with van der Waals surface area (Å²) in [5.41, 5.74) is 2.03. The van der Waals surface area contributed by atoms with Crippen LogP contribution in [0.3, 0.4) is 0 Å². The zero-order valence-corrected chi connectivity index (χ0v) is 17.6. The topological polar surface area (TPSA) is 20.2 Å². The maximum Gasteiger partial charge on any atom is 0.0577 e. The standard InChI is InChI=1S/C26H44O/c1-17(2)6-7-18(3)22-10-11-23-21-9-8-19-16-20(27)12-14-25(19,4)24(21)13-15-26(22,23)5/h8,17-18,20-24,27H,6-7,9-16H2,1-5H3/t18-,20+,21?,22-,23?,24?,25+,26-/m1/s1/i1D3,2D3. The molecule has 0 aromatic carbocycles. The zero-order chi connectivity index (χ0) is 24.4. The van der Waals surface area contributed by atoms with E-state index in [2.05, 4.69) is 26.8 Å². The lowest BCUT2D eigenvalue weighted by molar-refractivity contribution is -0.0574. The van der Waals surface area contributed by atoms with Gasteiger partial charge in [-0.3, -0.25) is 0 Å². The summed E-state index contributed by atoms with van der Waals surface area (Å²) < 4.78 is 46.5. The van der Waals surface area contributed by atoms with Crippen molar-refractivity contribution in [2.24, 2.45) is 46.3 Å². The lowest BCUT2D eigenvalue weighted by Gasteiger charge is -2.58. The summed E-state index contributed by atoms with van der Waals surface area (Å²) in [6.45, 7) is 2.33. The summed E-state index contributed by atoms with van der Waals surface area (Å²) in [6, 6.07) is 0. The molecule has 0 aliphatic heterocycles. The van der Waals surface area contributed by atoms with Crippen molar-refractivity contribution < 1.29 is 13.3 Å². The number of fused-ring (bicyclic) bond motifs is 5. The van der Waals surface area contributed by atoms with Crippen molar-refractivity contribution in [3.05, 3.63) is 11.6 Å². The molecule has 1 heteroatoms. The zero-order valence-electron chi connectivity index (χ0n) is 23.6. The normalized spacial score (nSPS) is 52.0. The van der Waals surface area contributed by atoms with Gasteiger partial charge in [-0.1, -0.05) is 59.0 Å². The van der Waals surface area contributed by atoms with Crippen LogP contribution in [0.4, 0.5) is 0 Å². The summed E-state index contributed by atoms with van der Waals surface area (Å²) in [5, 5.41) is 10.2. The largest absolute Gasteiger partial charge is 0.393 e. The fourth-order valence-corrected chi connectivity index (χ4v) is 8.25.